The highest BCUT2D eigenvalue weighted by Gasteiger charge is 2.32. The smallest absolute Gasteiger partial charge is 0.307 e. The Balaban J connectivity index is 2.21. The summed E-state index contributed by atoms with van der Waals surface area (Å²) < 4.78 is 4.23. The average Bonchev–Trinajstić information content (AvgIpc) is 2.65. The van der Waals surface area contributed by atoms with Gasteiger partial charge in [-0.25, -0.2) is 0 Å². The van der Waals surface area contributed by atoms with E-state index in [0.717, 1.165) is 36.3 Å². The maximum absolute atomic E-state index is 11.1. The van der Waals surface area contributed by atoms with E-state index in [4.69, 9.17) is 5.11 Å². The fourth-order valence-corrected chi connectivity index (χ4v) is 3.27. The van der Waals surface area contributed by atoms with E-state index in [-0.39, 0.29) is 11.8 Å². The zero-order valence-corrected chi connectivity index (χ0v) is 9.59. The van der Waals surface area contributed by atoms with Gasteiger partial charge in [-0.05, 0) is 37.4 Å². The van der Waals surface area contributed by atoms with Crippen LogP contribution in [0, 0.1) is 12.8 Å². The van der Waals surface area contributed by atoms with Crippen molar-refractivity contribution in [1.29, 1.82) is 0 Å². The Labute approximate surface area is 93.3 Å². The highest BCUT2D eigenvalue weighted by Crippen LogP contribution is 2.39. The molecule has 0 radical (unpaired) electrons. The third kappa shape index (κ3) is 2.20. The second-order valence-corrected chi connectivity index (χ2v) is 5.04. The van der Waals surface area contributed by atoms with Crippen molar-refractivity contribution in [2.45, 2.75) is 38.5 Å². The van der Waals surface area contributed by atoms with E-state index in [1.807, 2.05) is 13.0 Å². The van der Waals surface area contributed by atoms with Gasteiger partial charge in [0.15, 0.2) is 0 Å². The first-order valence-corrected chi connectivity index (χ1v) is 6.12. The van der Waals surface area contributed by atoms with E-state index in [1.54, 1.807) is 0 Å². The van der Waals surface area contributed by atoms with Crippen LogP contribution in [0.3, 0.4) is 0 Å². The van der Waals surface area contributed by atoms with Gasteiger partial charge >= 0.3 is 5.97 Å². The second kappa shape index (κ2) is 4.31. The molecule has 0 bridgehead atoms. The fourth-order valence-electron chi connectivity index (χ4n) is 2.33. The molecule has 1 heterocycles. The molecule has 2 rings (SSSR count). The number of carboxylic acids is 1. The van der Waals surface area contributed by atoms with E-state index in [0.29, 0.717) is 0 Å². The van der Waals surface area contributed by atoms with Crippen LogP contribution in [0.25, 0.3) is 0 Å². The molecule has 1 saturated carbocycles. The van der Waals surface area contributed by atoms with Crippen molar-refractivity contribution in [3.63, 3.8) is 0 Å². The molecule has 82 valence electrons. The molecule has 1 aromatic heterocycles. The molecule has 1 fully saturated rings. The van der Waals surface area contributed by atoms with Gasteiger partial charge in [0.25, 0.3) is 0 Å². The molecule has 0 amide bonds. The van der Waals surface area contributed by atoms with Gasteiger partial charge in [-0.15, -0.1) is 0 Å². The van der Waals surface area contributed by atoms with E-state index < -0.39 is 5.97 Å². The van der Waals surface area contributed by atoms with Crippen LogP contribution in [0.5, 0.6) is 0 Å². The minimum absolute atomic E-state index is 0.196. The maximum atomic E-state index is 11.1. The minimum Gasteiger partial charge on any atom is -0.481 e. The fraction of sp³-hybridized carbons (Fsp3) is 0.636. The summed E-state index contributed by atoms with van der Waals surface area (Å²) >= 11 is 1.46. The SMILES string of the molecule is Cc1cc(C2CCCCC2C(=O)O)sn1. The molecule has 0 aliphatic heterocycles. The number of hydrogen-bond donors (Lipinski definition) is 1. The maximum Gasteiger partial charge on any atom is 0.307 e. The summed E-state index contributed by atoms with van der Waals surface area (Å²) in [6.07, 6.45) is 4.01. The van der Waals surface area contributed by atoms with Gasteiger partial charge in [0.05, 0.1) is 11.6 Å². The number of nitrogens with zero attached hydrogens (tertiary/aromatic N) is 1. The summed E-state index contributed by atoms with van der Waals surface area (Å²) in [5, 5.41) is 9.16. The Morgan fingerprint density at radius 3 is 2.87 bits per heavy atom. The number of aliphatic carboxylic acids is 1. The van der Waals surface area contributed by atoms with Crippen LogP contribution >= 0.6 is 11.5 Å². The van der Waals surface area contributed by atoms with Gasteiger partial charge in [0.2, 0.25) is 0 Å². The molecule has 2 unspecified atom stereocenters. The molecule has 15 heavy (non-hydrogen) atoms. The van der Waals surface area contributed by atoms with Crippen molar-refractivity contribution < 1.29 is 9.90 Å². The number of hydrogen-bond acceptors (Lipinski definition) is 3. The van der Waals surface area contributed by atoms with Gasteiger partial charge in [-0.3, -0.25) is 4.79 Å². The molecular formula is C11H15NO2S. The van der Waals surface area contributed by atoms with Crippen LogP contribution < -0.4 is 0 Å². The van der Waals surface area contributed by atoms with Gasteiger partial charge in [0, 0.05) is 10.8 Å². The normalized spacial score (nSPS) is 26.5. The topological polar surface area (TPSA) is 50.2 Å². The van der Waals surface area contributed by atoms with Crippen molar-refractivity contribution in [2.24, 2.45) is 5.92 Å². The van der Waals surface area contributed by atoms with Crippen molar-refractivity contribution in [2.75, 3.05) is 0 Å². The lowest BCUT2D eigenvalue weighted by Gasteiger charge is -2.27. The summed E-state index contributed by atoms with van der Waals surface area (Å²) in [7, 11) is 0. The Morgan fingerprint density at radius 2 is 2.27 bits per heavy atom. The molecule has 0 spiro atoms. The first kappa shape index (κ1) is 10.6. The van der Waals surface area contributed by atoms with Crippen LogP contribution in [-0.4, -0.2) is 15.4 Å². The van der Waals surface area contributed by atoms with Crippen molar-refractivity contribution in [3.8, 4) is 0 Å². The standard InChI is InChI=1S/C11H15NO2S/c1-7-6-10(15-12-7)8-4-2-3-5-9(8)11(13)14/h6,8-9H,2-5H2,1H3,(H,13,14). The first-order valence-electron chi connectivity index (χ1n) is 5.34. The van der Waals surface area contributed by atoms with E-state index in [9.17, 15) is 4.79 Å². The quantitative estimate of drug-likeness (QED) is 0.842. The van der Waals surface area contributed by atoms with E-state index >= 15 is 0 Å². The molecule has 1 aliphatic rings. The van der Waals surface area contributed by atoms with Crippen LogP contribution in [0.15, 0.2) is 6.07 Å². The summed E-state index contributed by atoms with van der Waals surface area (Å²) in [4.78, 5) is 12.3. The number of carbonyl (C=O) groups is 1. The summed E-state index contributed by atoms with van der Waals surface area (Å²) in [6.45, 7) is 1.96. The lowest BCUT2D eigenvalue weighted by atomic mass is 9.78. The Hall–Kier alpha value is -0.900. The largest absolute Gasteiger partial charge is 0.481 e. The van der Waals surface area contributed by atoms with Gasteiger partial charge in [0.1, 0.15) is 0 Å². The minimum atomic E-state index is -0.647. The summed E-state index contributed by atoms with van der Waals surface area (Å²) in [6, 6.07) is 2.04. The summed E-state index contributed by atoms with van der Waals surface area (Å²) in [5.74, 6) is -0.646. The zero-order chi connectivity index (χ0) is 10.8. The molecule has 2 atom stereocenters. The third-order valence-electron chi connectivity index (χ3n) is 3.09. The summed E-state index contributed by atoms with van der Waals surface area (Å²) in [5.41, 5.74) is 1.00. The molecule has 1 aromatic rings. The number of carboxylic acid groups (broad SMARTS) is 1. The zero-order valence-electron chi connectivity index (χ0n) is 8.77. The molecular weight excluding hydrogens is 210 g/mol. The Bertz CT molecular complexity index is 361. The Morgan fingerprint density at radius 1 is 1.53 bits per heavy atom. The predicted molar refractivity (Wildman–Crippen MR) is 59.2 cm³/mol. The first-order chi connectivity index (χ1) is 7.18. The van der Waals surface area contributed by atoms with Crippen LogP contribution in [-0.2, 0) is 4.79 Å². The molecule has 0 saturated heterocycles. The van der Waals surface area contributed by atoms with Gasteiger partial charge in [-0.1, -0.05) is 12.8 Å². The third-order valence-corrected chi connectivity index (χ3v) is 4.11. The van der Waals surface area contributed by atoms with Crippen molar-refractivity contribution >= 4 is 17.5 Å². The van der Waals surface area contributed by atoms with Crippen LogP contribution in [0.2, 0.25) is 0 Å². The molecule has 4 heteroatoms. The lowest BCUT2D eigenvalue weighted by Crippen LogP contribution is -2.24. The van der Waals surface area contributed by atoms with Crippen molar-refractivity contribution in [1.82, 2.24) is 4.37 Å². The lowest BCUT2D eigenvalue weighted by molar-refractivity contribution is -0.143. The highest BCUT2D eigenvalue weighted by molar-refractivity contribution is 7.05. The molecule has 1 aliphatic carbocycles. The monoisotopic (exact) mass is 225 g/mol. The average molecular weight is 225 g/mol. The van der Waals surface area contributed by atoms with E-state index in [2.05, 4.69) is 4.37 Å². The Kier molecular flexibility index (Phi) is 3.05. The second-order valence-electron chi connectivity index (χ2n) is 4.21. The number of aromatic nitrogens is 1. The van der Waals surface area contributed by atoms with Crippen LogP contribution in [0.1, 0.15) is 42.2 Å². The number of aryl methyl sites for hydroxylation is 1. The van der Waals surface area contributed by atoms with Gasteiger partial charge < -0.3 is 5.11 Å². The highest BCUT2D eigenvalue weighted by atomic mass is 32.1. The van der Waals surface area contributed by atoms with Gasteiger partial charge in [-0.2, -0.15) is 4.37 Å². The molecule has 0 aromatic carbocycles. The number of rotatable bonds is 2. The molecule has 1 N–H and O–H groups in total. The van der Waals surface area contributed by atoms with Crippen LogP contribution in [0.4, 0.5) is 0 Å². The van der Waals surface area contributed by atoms with E-state index in [1.165, 1.54) is 11.5 Å². The van der Waals surface area contributed by atoms with Crippen molar-refractivity contribution in [3.05, 3.63) is 16.6 Å². The molecule has 3 nitrogen and oxygen atoms in total. The predicted octanol–water partition coefficient (Wildman–Crippen LogP) is 2.81.